The Labute approximate surface area is 137 Å². The van der Waals surface area contributed by atoms with E-state index in [0.717, 1.165) is 37.9 Å². The molecule has 0 bridgehead atoms. The van der Waals surface area contributed by atoms with Crippen molar-refractivity contribution in [1.82, 2.24) is 4.90 Å². The highest BCUT2D eigenvalue weighted by molar-refractivity contribution is 5.97. The molecule has 1 aromatic carbocycles. The number of hydrogen-bond donors (Lipinski definition) is 0. The first-order valence-corrected chi connectivity index (χ1v) is 8.33. The molecule has 0 aromatic heterocycles. The second-order valence-corrected chi connectivity index (χ2v) is 6.45. The highest BCUT2D eigenvalue weighted by atomic mass is 16.5. The molecule has 1 amide bonds. The lowest BCUT2D eigenvalue weighted by Crippen LogP contribution is -2.51. The van der Waals surface area contributed by atoms with Gasteiger partial charge in [-0.25, -0.2) is 0 Å². The summed E-state index contributed by atoms with van der Waals surface area (Å²) in [5, 5.41) is 0. The van der Waals surface area contributed by atoms with E-state index in [1.165, 1.54) is 12.7 Å². The number of ether oxygens (including phenoxy) is 1. The normalized spacial score (nSPS) is 24.3. The summed E-state index contributed by atoms with van der Waals surface area (Å²) in [6.07, 6.45) is 3.69. The molecule has 1 fully saturated rings. The maximum absolute atomic E-state index is 12.9. The first-order valence-electron chi connectivity index (χ1n) is 8.33. The van der Waals surface area contributed by atoms with Gasteiger partial charge in [-0.2, -0.15) is 0 Å². The summed E-state index contributed by atoms with van der Waals surface area (Å²) in [6.45, 7) is 3.12. The van der Waals surface area contributed by atoms with Crippen LogP contribution in [0.15, 0.2) is 24.3 Å². The molecule has 0 radical (unpaired) electrons. The summed E-state index contributed by atoms with van der Waals surface area (Å²) in [5.41, 5.74) is 2.23. The molecule has 2 heterocycles. The molecule has 0 spiro atoms. The van der Waals surface area contributed by atoms with Gasteiger partial charge in [0.25, 0.3) is 0 Å². The van der Waals surface area contributed by atoms with Crippen LogP contribution >= 0.6 is 0 Å². The minimum Gasteiger partial charge on any atom is -0.468 e. The molecule has 1 aromatic rings. The van der Waals surface area contributed by atoms with Crippen LogP contribution in [0, 0.1) is 0 Å². The zero-order chi connectivity index (χ0) is 16.4. The number of anilines is 1. The van der Waals surface area contributed by atoms with Gasteiger partial charge in [0.05, 0.1) is 13.7 Å². The fourth-order valence-electron chi connectivity index (χ4n) is 3.78. The van der Waals surface area contributed by atoms with Crippen molar-refractivity contribution in [2.75, 3.05) is 25.1 Å². The zero-order valence-electron chi connectivity index (χ0n) is 13.8. The van der Waals surface area contributed by atoms with Crippen LogP contribution in [0.1, 0.15) is 31.7 Å². The van der Waals surface area contributed by atoms with Crippen LogP contribution < -0.4 is 4.90 Å². The topological polar surface area (TPSA) is 49.9 Å². The van der Waals surface area contributed by atoms with E-state index in [0.29, 0.717) is 0 Å². The van der Waals surface area contributed by atoms with Crippen LogP contribution in [0.4, 0.5) is 5.69 Å². The van der Waals surface area contributed by atoms with Gasteiger partial charge in [0.1, 0.15) is 6.04 Å². The first-order chi connectivity index (χ1) is 11.1. The van der Waals surface area contributed by atoms with E-state index in [4.69, 9.17) is 4.74 Å². The van der Waals surface area contributed by atoms with Crippen molar-refractivity contribution >= 4 is 17.6 Å². The predicted octanol–water partition coefficient (Wildman–Crippen LogP) is 1.99. The number of carbonyl (C=O) groups is 2. The molecule has 23 heavy (non-hydrogen) atoms. The number of piperidine rings is 1. The smallest absolute Gasteiger partial charge is 0.323 e. The van der Waals surface area contributed by atoms with Crippen molar-refractivity contribution in [3.05, 3.63) is 29.8 Å². The van der Waals surface area contributed by atoms with Crippen molar-refractivity contribution in [3.8, 4) is 0 Å². The predicted molar refractivity (Wildman–Crippen MR) is 88.3 cm³/mol. The van der Waals surface area contributed by atoms with Crippen LogP contribution in [-0.4, -0.2) is 49.1 Å². The number of rotatable bonds is 3. The third-order valence-corrected chi connectivity index (χ3v) is 4.90. The van der Waals surface area contributed by atoms with Crippen LogP contribution in [0.25, 0.3) is 0 Å². The molecule has 1 saturated heterocycles. The Kier molecular flexibility index (Phi) is 4.66. The lowest BCUT2D eigenvalue weighted by molar-refractivity contribution is -0.148. The molecular weight excluding hydrogens is 292 g/mol. The fourth-order valence-corrected chi connectivity index (χ4v) is 3.78. The molecule has 0 aliphatic carbocycles. The van der Waals surface area contributed by atoms with E-state index in [2.05, 4.69) is 13.0 Å². The van der Waals surface area contributed by atoms with Crippen molar-refractivity contribution in [1.29, 1.82) is 0 Å². The van der Waals surface area contributed by atoms with E-state index >= 15 is 0 Å². The Bertz CT molecular complexity index is 602. The summed E-state index contributed by atoms with van der Waals surface area (Å²) in [4.78, 5) is 28.7. The minimum atomic E-state index is -0.286. The average Bonchev–Trinajstić information content (AvgIpc) is 2.90. The third kappa shape index (κ3) is 3.11. The summed E-state index contributed by atoms with van der Waals surface area (Å²) >= 11 is 0. The number of amides is 1. The molecule has 2 aliphatic heterocycles. The van der Waals surface area contributed by atoms with Gasteiger partial charge < -0.3 is 9.64 Å². The summed E-state index contributed by atoms with van der Waals surface area (Å²) in [5.74, 6) is -0.161. The van der Waals surface area contributed by atoms with Gasteiger partial charge in [-0.15, -0.1) is 0 Å². The van der Waals surface area contributed by atoms with Crippen molar-refractivity contribution in [3.63, 3.8) is 0 Å². The number of methoxy groups -OCH3 is 1. The monoisotopic (exact) mass is 316 g/mol. The third-order valence-electron chi connectivity index (χ3n) is 4.90. The van der Waals surface area contributed by atoms with Gasteiger partial charge in [-0.1, -0.05) is 24.6 Å². The number of esters is 1. The lowest BCUT2D eigenvalue weighted by Gasteiger charge is -2.34. The maximum atomic E-state index is 12.9. The van der Waals surface area contributed by atoms with Crippen LogP contribution in [-0.2, 0) is 20.7 Å². The molecule has 0 saturated carbocycles. The maximum Gasteiger partial charge on any atom is 0.323 e. The number of nitrogens with zero attached hydrogens (tertiary/aromatic N) is 2. The Hall–Kier alpha value is -1.88. The van der Waals surface area contributed by atoms with Gasteiger partial charge in [0, 0.05) is 11.7 Å². The SMILES string of the molecule is COC(=O)[C@H]1CCCCN1CC(=O)N1c2ccccc2C[C@H]1C. The van der Waals surface area contributed by atoms with Gasteiger partial charge in [-0.3, -0.25) is 14.5 Å². The zero-order valence-corrected chi connectivity index (χ0v) is 13.8. The largest absolute Gasteiger partial charge is 0.468 e. The Morgan fingerprint density at radius 3 is 2.83 bits per heavy atom. The summed E-state index contributed by atoms with van der Waals surface area (Å²) in [6, 6.07) is 7.95. The standard InChI is InChI=1S/C18H24N2O3/c1-13-11-14-7-3-4-8-15(14)20(13)17(21)12-19-10-6-5-9-16(19)18(22)23-2/h3-4,7-8,13,16H,5-6,9-12H2,1-2H3/t13-,16-/m1/s1. The van der Waals surface area contributed by atoms with E-state index in [9.17, 15) is 9.59 Å². The van der Waals surface area contributed by atoms with Gasteiger partial charge >= 0.3 is 5.97 Å². The fraction of sp³-hybridized carbons (Fsp3) is 0.556. The molecule has 5 heteroatoms. The average molecular weight is 316 g/mol. The highest BCUT2D eigenvalue weighted by Crippen LogP contribution is 2.32. The molecule has 0 unspecified atom stereocenters. The van der Waals surface area contributed by atoms with Crippen molar-refractivity contribution in [2.45, 2.75) is 44.7 Å². The molecule has 0 N–H and O–H groups in total. The van der Waals surface area contributed by atoms with Crippen molar-refractivity contribution < 1.29 is 14.3 Å². The highest BCUT2D eigenvalue weighted by Gasteiger charge is 2.35. The molecular formula is C18H24N2O3. The van der Waals surface area contributed by atoms with E-state index in [1.807, 2.05) is 28.0 Å². The molecule has 2 aliphatic rings. The minimum absolute atomic E-state index is 0.0678. The van der Waals surface area contributed by atoms with Gasteiger partial charge in [0.15, 0.2) is 0 Å². The molecule has 3 rings (SSSR count). The quantitative estimate of drug-likeness (QED) is 0.800. The number of carbonyl (C=O) groups excluding carboxylic acids is 2. The van der Waals surface area contributed by atoms with Crippen LogP contribution in [0.5, 0.6) is 0 Å². The second kappa shape index (κ2) is 6.71. The number of likely N-dealkylation sites (tertiary alicyclic amines) is 1. The molecule has 124 valence electrons. The van der Waals surface area contributed by atoms with Crippen molar-refractivity contribution in [2.24, 2.45) is 0 Å². The van der Waals surface area contributed by atoms with Gasteiger partial charge in [-0.05, 0) is 44.4 Å². The first kappa shape index (κ1) is 16.0. The number of para-hydroxylation sites is 1. The van der Waals surface area contributed by atoms with Gasteiger partial charge in [0.2, 0.25) is 5.91 Å². The van der Waals surface area contributed by atoms with E-state index in [1.54, 1.807) is 0 Å². The number of hydrogen-bond acceptors (Lipinski definition) is 4. The lowest BCUT2D eigenvalue weighted by atomic mass is 10.0. The second-order valence-electron chi connectivity index (χ2n) is 6.45. The number of fused-ring (bicyclic) bond motifs is 1. The van der Waals surface area contributed by atoms with Crippen LogP contribution in [0.3, 0.4) is 0 Å². The van der Waals surface area contributed by atoms with E-state index in [-0.39, 0.29) is 30.5 Å². The summed E-state index contributed by atoms with van der Waals surface area (Å²) in [7, 11) is 1.41. The summed E-state index contributed by atoms with van der Waals surface area (Å²) < 4.78 is 4.90. The molecule has 5 nitrogen and oxygen atoms in total. The van der Waals surface area contributed by atoms with Crippen LogP contribution in [0.2, 0.25) is 0 Å². The number of benzene rings is 1. The Morgan fingerprint density at radius 1 is 1.26 bits per heavy atom. The Balaban J connectivity index is 1.74. The molecule has 2 atom stereocenters. The Morgan fingerprint density at radius 2 is 2.04 bits per heavy atom. The van der Waals surface area contributed by atoms with E-state index < -0.39 is 0 Å².